The molecular formula is C15H26NO5+. The van der Waals surface area contributed by atoms with Crippen LogP contribution in [0.25, 0.3) is 0 Å². The topological polar surface area (TPSA) is 91.7 Å². The van der Waals surface area contributed by atoms with Crippen LogP contribution >= 0.6 is 0 Å². The number of likely N-dealkylation sites (N-methyl/N-ethyl adjacent to an activating group) is 1. The van der Waals surface area contributed by atoms with Crippen molar-refractivity contribution in [3.8, 4) is 0 Å². The van der Waals surface area contributed by atoms with Crippen LogP contribution in [0.15, 0.2) is 0 Å². The van der Waals surface area contributed by atoms with Gasteiger partial charge < -0.3 is 14.7 Å². The highest BCUT2D eigenvalue weighted by Crippen LogP contribution is 2.43. The predicted molar refractivity (Wildman–Crippen MR) is 76.7 cm³/mol. The van der Waals surface area contributed by atoms with Gasteiger partial charge in [0.2, 0.25) is 5.41 Å². The molecule has 1 fully saturated rings. The molecule has 0 radical (unpaired) electrons. The van der Waals surface area contributed by atoms with E-state index in [4.69, 9.17) is 0 Å². The van der Waals surface area contributed by atoms with Gasteiger partial charge in [0.1, 0.15) is 12.1 Å². The summed E-state index contributed by atoms with van der Waals surface area (Å²) in [5.41, 5.74) is -4.17. The molecule has 21 heavy (non-hydrogen) atoms. The first-order valence-electron chi connectivity index (χ1n) is 7.34. The van der Waals surface area contributed by atoms with Crippen LogP contribution in [0.5, 0.6) is 0 Å². The number of carbonyl (C=O) groups excluding carboxylic acids is 2. The van der Waals surface area contributed by atoms with Gasteiger partial charge in [-0.25, -0.2) is 0 Å². The van der Waals surface area contributed by atoms with E-state index in [9.17, 15) is 24.6 Å². The third-order valence-corrected chi connectivity index (χ3v) is 4.06. The molecule has 1 unspecified atom stereocenters. The Morgan fingerprint density at radius 2 is 1.71 bits per heavy atom. The fourth-order valence-corrected chi connectivity index (χ4v) is 3.48. The van der Waals surface area contributed by atoms with Crippen LogP contribution in [0.2, 0.25) is 0 Å². The minimum Gasteiger partial charge on any atom is -0.480 e. The number of carboxylic acids is 1. The summed E-state index contributed by atoms with van der Waals surface area (Å²) in [6, 6.07) is 0. The first-order valence-corrected chi connectivity index (χ1v) is 7.34. The van der Waals surface area contributed by atoms with Gasteiger partial charge in [-0.3, -0.25) is 14.4 Å². The predicted octanol–water partition coefficient (Wildman–Crippen LogP) is 0.617. The maximum atomic E-state index is 12.4. The maximum absolute atomic E-state index is 12.4. The Morgan fingerprint density at radius 1 is 1.24 bits per heavy atom. The van der Waals surface area contributed by atoms with Crippen LogP contribution in [0.1, 0.15) is 39.0 Å². The number of Topliss-reactive ketones (excluding diaryl/α,β-unsaturated/α-hetero) is 2. The standard InChI is InChI=1S/C15H25NO5/c1-5-9-14(21,10-16(2,3)4)15(13(19)20)11(17)7-6-8-12(15)18/h21H,5-10H2,1-4H3/p+1. The molecule has 0 bridgehead atoms. The molecule has 0 aromatic heterocycles. The van der Waals surface area contributed by atoms with Crippen LogP contribution in [0, 0.1) is 5.41 Å². The van der Waals surface area contributed by atoms with E-state index < -0.39 is 28.6 Å². The number of carbonyl (C=O) groups is 3. The number of hydrogen-bond donors (Lipinski definition) is 2. The number of hydrogen-bond acceptors (Lipinski definition) is 4. The van der Waals surface area contributed by atoms with Crippen molar-refractivity contribution in [3.05, 3.63) is 0 Å². The van der Waals surface area contributed by atoms with E-state index in [1.165, 1.54) is 0 Å². The number of aliphatic hydroxyl groups is 1. The molecule has 0 saturated heterocycles. The van der Waals surface area contributed by atoms with Crippen LogP contribution < -0.4 is 0 Å². The molecule has 0 spiro atoms. The first kappa shape index (κ1) is 17.8. The zero-order valence-corrected chi connectivity index (χ0v) is 13.3. The van der Waals surface area contributed by atoms with Gasteiger partial charge in [-0.1, -0.05) is 13.3 Å². The van der Waals surface area contributed by atoms with Crippen molar-refractivity contribution in [2.75, 3.05) is 27.7 Å². The number of ketones is 2. The average molecular weight is 300 g/mol. The molecule has 0 aliphatic heterocycles. The van der Waals surface area contributed by atoms with Gasteiger partial charge in [0.25, 0.3) is 0 Å². The van der Waals surface area contributed by atoms with Crippen LogP contribution in [0.3, 0.4) is 0 Å². The fraction of sp³-hybridized carbons (Fsp3) is 0.800. The number of rotatable bonds is 6. The maximum Gasteiger partial charge on any atom is 0.328 e. The Kier molecular flexibility index (Phi) is 4.95. The SMILES string of the molecule is CCCC(O)(C[N+](C)(C)C)C1(C(=O)O)C(=O)CCCC1=O. The Labute approximate surface area is 125 Å². The Balaban J connectivity index is 3.49. The van der Waals surface area contributed by atoms with E-state index in [-0.39, 0.29) is 30.3 Å². The summed E-state index contributed by atoms with van der Waals surface area (Å²) in [6.45, 7) is 1.83. The van der Waals surface area contributed by atoms with Crippen molar-refractivity contribution in [1.82, 2.24) is 0 Å². The largest absolute Gasteiger partial charge is 0.480 e. The molecule has 1 atom stereocenters. The normalized spacial score (nSPS) is 22.0. The van der Waals surface area contributed by atoms with Crippen LogP contribution in [-0.2, 0) is 14.4 Å². The van der Waals surface area contributed by atoms with Gasteiger partial charge in [0.05, 0.1) is 21.1 Å². The lowest BCUT2D eigenvalue weighted by Crippen LogP contribution is -2.68. The van der Waals surface area contributed by atoms with Crippen molar-refractivity contribution < 1.29 is 29.1 Å². The molecule has 1 aliphatic carbocycles. The second kappa shape index (κ2) is 5.85. The lowest BCUT2D eigenvalue weighted by Gasteiger charge is -2.46. The molecule has 1 aliphatic rings. The first-order chi connectivity index (χ1) is 9.51. The van der Waals surface area contributed by atoms with Crippen LogP contribution in [0.4, 0.5) is 0 Å². The van der Waals surface area contributed by atoms with Gasteiger partial charge in [0, 0.05) is 12.8 Å². The molecule has 1 rings (SSSR count). The second-order valence-corrected chi connectivity index (χ2v) is 6.99. The summed E-state index contributed by atoms with van der Waals surface area (Å²) in [7, 11) is 5.40. The quantitative estimate of drug-likeness (QED) is 0.554. The third kappa shape index (κ3) is 3.01. The summed E-state index contributed by atoms with van der Waals surface area (Å²) >= 11 is 0. The monoisotopic (exact) mass is 300 g/mol. The van der Waals surface area contributed by atoms with E-state index in [2.05, 4.69) is 0 Å². The molecular weight excluding hydrogens is 274 g/mol. The summed E-state index contributed by atoms with van der Waals surface area (Å²) in [4.78, 5) is 36.7. The lowest BCUT2D eigenvalue weighted by atomic mass is 9.59. The van der Waals surface area contributed by atoms with E-state index >= 15 is 0 Å². The van der Waals surface area contributed by atoms with Gasteiger partial charge in [0.15, 0.2) is 11.6 Å². The zero-order chi connectivity index (χ0) is 16.5. The Hall–Kier alpha value is -1.27. The minimum atomic E-state index is -2.31. The fourth-order valence-electron chi connectivity index (χ4n) is 3.48. The summed E-state index contributed by atoms with van der Waals surface area (Å²) in [6.07, 6.45) is 1.01. The summed E-state index contributed by atoms with van der Waals surface area (Å²) in [5.74, 6) is -2.83. The third-order valence-electron chi connectivity index (χ3n) is 4.06. The Bertz CT molecular complexity index is 435. The number of quaternary nitrogens is 1. The number of carboxylic acid groups (broad SMARTS) is 1. The molecule has 2 N–H and O–H groups in total. The highest BCUT2D eigenvalue weighted by molar-refractivity contribution is 6.24. The van der Waals surface area contributed by atoms with Gasteiger partial charge in [-0.2, -0.15) is 0 Å². The average Bonchev–Trinajstić information content (AvgIpc) is 2.25. The molecule has 0 heterocycles. The summed E-state index contributed by atoms with van der Waals surface area (Å²) in [5, 5.41) is 20.8. The van der Waals surface area contributed by atoms with E-state index in [0.717, 1.165) is 0 Å². The van der Waals surface area contributed by atoms with Crippen molar-refractivity contribution in [3.63, 3.8) is 0 Å². The van der Waals surface area contributed by atoms with Crippen molar-refractivity contribution in [2.45, 2.75) is 44.6 Å². The van der Waals surface area contributed by atoms with Gasteiger partial charge in [-0.15, -0.1) is 0 Å². The smallest absolute Gasteiger partial charge is 0.328 e. The van der Waals surface area contributed by atoms with E-state index in [1.54, 1.807) is 28.1 Å². The van der Waals surface area contributed by atoms with Crippen molar-refractivity contribution in [2.24, 2.45) is 5.41 Å². The van der Waals surface area contributed by atoms with Crippen LogP contribution in [-0.4, -0.2) is 65.5 Å². The molecule has 6 nitrogen and oxygen atoms in total. The van der Waals surface area contributed by atoms with E-state index in [1.807, 2.05) is 0 Å². The zero-order valence-electron chi connectivity index (χ0n) is 13.3. The second-order valence-electron chi connectivity index (χ2n) is 6.99. The molecule has 1 saturated carbocycles. The number of aliphatic carboxylic acids is 1. The highest BCUT2D eigenvalue weighted by Gasteiger charge is 2.67. The van der Waals surface area contributed by atoms with Crippen molar-refractivity contribution >= 4 is 17.5 Å². The molecule has 0 aromatic carbocycles. The molecule has 6 heteroatoms. The number of nitrogens with zero attached hydrogens (tertiary/aromatic N) is 1. The summed E-state index contributed by atoms with van der Waals surface area (Å²) < 4.78 is 0.270. The van der Waals surface area contributed by atoms with E-state index in [0.29, 0.717) is 12.8 Å². The molecule has 0 aromatic rings. The lowest BCUT2D eigenvalue weighted by molar-refractivity contribution is -0.877. The molecule has 120 valence electrons. The van der Waals surface area contributed by atoms with Gasteiger partial charge in [-0.05, 0) is 12.8 Å². The highest BCUT2D eigenvalue weighted by atomic mass is 16.4. The van der Waals surface area contributed by atoms with Gasteiger partial charge >= 0.3 is 5.97 Å². The minimum absolute atomic E-state index is 0.0290. The Morgan fingerprint density at radius 3 is 2.05 bits per heavy atom. The molecule has 0 amide bonds. The van der Waals surface area contributed by atoms with Crippen molar-refractivity contribution in [1.29, 1.82) is 0 Å².